The van der Waals surface area contributed by atoms with Gasteiger partial charge in [0.05, 0.1) is 19.8 Å². The SMILES string of the molecule is COC(=O)C1C2OCCC(C#Cc3ccccc3)=C[C@H]2CN1C(=O)OC(C)(C)C. The zero-order valence-corrected chi connectivity index (χ0v) is 17.3. The summed E-state index contributed by atoms with van der Waals surface area (Å²) in [6, 6.07) is 8.92. The Labute approximate surface area is 171 Å². The maximum Gasteiger partial charge on any atom is 0.411 e. The Bertz CT molecular complexity index is 844. The lowest BCUT2D eigenvalue weighted by Gasteiger charge is -2.28. The first-order chi connectivity index (χ1) is 13.8. The van der Waals surface area contributed by atoms with Gasteiger partial charge in [0, 0.05) is 30.0 Å². The highest BCUT2D eigenvalue weighted by Gasteiger charge is 2.50. The zero-order chi connectivity index (χ0) is 21.0. The minimum Gasteiger partial charge on any atom is -0.467 e. The van der Waals surface area contributed by atoms with Crippen LogP contribution < -0.4 is 0 Å². The van der Waals surface area contributed by atoms with Crippen molar-refractivity contribution >= 4 is 12.1 Å². The Balaban J connectivity index is 1.85. The van der Waals surface area contributed by atoms with Crippen LogP contribution in [0.3, 0.4) is 0 Å². The average molecular weight is 397 g/mol. The number of amides is 1. The van der Waals surface area contributed by atoms with Crippen LogP contribution in [-0.2, 0) is 19.0 Å². The van der Waals surface area contributed by atoms with Crippen LogP contribution in [0.1, 0.15) is 32.8 Å². The second-order valence-electron chi connectivity index (χ2n) is 8.16. The topological polar surface area (TPSA) is 65.1 Å². The lowest BCUT2D eigenvalue weighted by molar-refractivity contribution is -0.150. The van der Waals surface area contributed by atoms with Crippen LogP contribution in [0.2, 0.25) is 0 Å². The molecule has 1 aromatic carbocycles. The van der Waals surface area contributed by atoms with E-state index >= 15 is 0 Å². The highest BCUT2D eigenvalue weighted by atomic mass is 16.6. The van der Waals surface area contributed by atoms with Gasteiger partial charge in [0.15, 0.2) is 6.04 Å². The smallest absolute Gasteiger partial charge is 0.411 e. The number of esters is 1. The fourth-order valence-corrected chi connectivity index (χ4v) is 3.53. The highest BCUT2D eigenvalue weighted by Crippen LogP contribution is 2.33. The number of nitrogens with zero attached hydrogens (tertiary/aromatic N) is 1. The van der Waals surface area contributed by atoms with Crippen molar-refractivity contribution in [2.75, 3.05) is 20.3 Å². The van der Waals surface area contributed by atoms with Gasteiger partial charge in [-0.25, -0.2) is 9.59 Å². The van der Waals surface area contributed by atoms with Crippen molar-refractivity contribution in [3.63, 3.8) is 0 Å². The Morgan fingerprint density at radius 2 is 1.90 bits per heavy atom. The quantitative estimate of drug-likeness (QED) is 0.538. The number of methoxy groups -OCH3 is 1. The molecule has 6 nitrogen and oxygen atoms in total. The summed E-state index contributed by atoms with van der Waals surface area (Å²) >= 11 is 0. The number of fused-ring (bicyclic) bond motifs is 1. The lowest BCUT2D eigenvalue weighted by atomic mass is 9.99. The second-order valence-corrected chi connectivity index (χ2v) is 8.16. The van der Waals surface area contributed by atoms with Crippen LogP contribution >= 0.6 is 0 Å². The first-order valence-corrected chi connectivity index (χ1v) is 9.75. The second kappa shape index (κ2) is 8.71. The summed E-state index contributed by atoms with van der Waals surface area (Å²) in [5.41, 5.74) is 1.21. The van der Waals surface area contributed by atoms with E-state index in [-0.39, 0.29) is 5.92 Å². The number of hydrogen-bond donors (Lipinski definition) is 0. The molecule has 0 radical (unpaired) electrons. The molecule has 2 aliphatic rings. The predicted octanol–water partition coefficient (Wildman–Crippen LogP) is 3.16. The molecule has 2 heterocycles. The molecule has 2 aliphatic heterocycles. The van der Waals surface area contributed by atoms with Crippen molar-refractivity contribution in [1.82, 2.24) is 4.90 Å². The van der Waals surface area contributed by atoms with Gasteiger partial charge in [-0.3, -0.25) is 4.90 Å². The van der Waals surface area contributed by atoms with E-state index in [0.717, 1.165) is 11.1 Å². The summed E-state index contributed by atoms with van der Waals surface area (Å²) in [5.74, 6) is 5.71. The molecule has 1 saturated heterocycles. The van der Waals surface area contributed by atoms with Crippen LogP contribution in [0.25, 0.3) is 0 Å². The van der Waals surface area contributed by atoms with Gasteiger partial charge in [-0.1, -0.05) is 36.1 Å². The maximum absolute atomic E-state index is 12.7. The molecular weight excluding hydrogens is 370 g/mol. The van der Waals surface area contributed by atoms with Gasteiger partial charge in [0.1, 0.15) is 5.60 Å². The fourth-order valence-electron chi connectivity index (χ4n) is 3.53. The van der Waals surface area contributed by atoms with Crippen LogP contribution in [-0.4, -0.2) is 55.0 Å². The van der Waals surface area contributed by atoms with Crippen molar-refractivity contribution in [3.05, 3.63) is 47.5 Å². The molecule has 2 unspecified atom stereocenters. The minimum absolute atomic E-state index is 0.158. The normalized spacial score (nSPS) is 23.8. The van der Waals surface area contributed by atoms with Crippen molar-refractivity contribution in [2.45, 2.75) is 44.9 Å². The third-order valence-electron chi connectivity index (χ3n) is 4.79. The van der Waals surface area contributed by atoms with E-state index in [1.165, 1.54) is 12.0 Å². The molecule has 1 fully saturated rings. The highest BCUT2D eigenvalue weighted by molar-refractivity contribution is 5.83. The van der Waals surface area contributed by atoms with Gasteiger partial charge >= 0.3 is 12.1 Å². The molecule has 0 spiro atoms. The van der Waals surface area contributed by atoms with Gasteiger partial charge in [0.25, 0.3) is 0 Å². The minimum atomic E-state index is -0.836. The van der Waals surface area contributed by atoms with E-state index in [9.17, 15) is 9.59 Å². The van der Waals surface area contributed by atoms with Gasteiger partial charge < -0.3 is 14.2 Å². The average Bonchev–Trinajstić information content (AvgIpc) is 2.91. The molecule has 1 amide bonds. The molecule has 0 aliphatic carbocycles. The number of carbonyl (C=O) groups excluding carboxylic acids is 2. The zero-order valence-electron chi connectivity index (χ0n) is 17.3. The number of likely N-dealkylation sites (tertiary alicyclic amines) is 1. The Kier molecular flexibility index (Phi) is 6.29. The number of benzene rings is 1. The molecule has 154 valence electrons. The molecule has 29 heavy (non-hydrogen) atoms. The fraction of sp³-hybridized carbons (Fsp3) is 0.478. The van der Waals surface area contributed by atoms with E-state index in [1.807, 2.05) is 36.4 Å². The summed E-state index contributed by atoms with van der Waals surface area (Å²) in [7, 11) is 1.31. The largest absolute Gasteiger partial charge is 0.467 e. The number of rotatable bonds is 1. The van der Waals surface area contributed by atoms with Gasteiger partial charge in [0.2, 0.25) is 0 Å². The Morgan fingerprint density at radius 1 is 1.17 bits per heavy atom. The molecule has 0 aromatic heterocycles. The number of carbonyl (C=O) groups is 2. The van der Waals surface area contributed by atoms with E-state index in [4.69, 9.17) is 14.2 Å². The summed E-state index contributed by atoms with van der Waals surface area (Å²) < 4.78 is 16.4. The standard InChI is InChI=1S/C23H27NO5/c1-23(2,3)29-22(26)24-15-18-14-17(11-10-16-8-6-5-7-9-16)12-13-28-20(18)19(24)21(25)27-4/h5-9,14,18-20H,12-13,15H2,1-4H3/t18-,19?,20?/m0/s1. The van der Waals surface area contributed by atoms with Crippen LogP contribution in [0.4, 0.5) is 4.79 Å². The molecule has 0 N–H and O–H groups in total. The number of ether oxygens (including phenoxy) is 3. The van der Waals surface area contributed by atoms with Gasteiger partial charge in [-0.15, -0.1) is 0 Å². The summed E-state index contributed by atoms with van der Waals surface area (Å²) in [5, 5.41) is 0. The molecule has 0 saturated carbocycles. The van der Waals surface area contributed by atoms with Crippen LogP contribution in [0.15, 0.2) is 42.0 Å². The Morgan fingerprint density at radius 3 is 2.55 bits per heavy atom. The summed E-state index contributed by atoms with van der Waals surface area (Å²) in [6.07, 6.45) is 1.65. The molecule has 0 bridgehead atoms. The summed E-state index contributed by atoms with van der Waals surface area (Å²) in [6.45, 7) is 6.11. The first-order valence-electron chi connectivity index (χ1n) is 9.75. The third kappa shape index (κ3) is 5.18. The van der Waals surface area contributed by atoms with Crippen molar-refractivity contribution in [3.8, 4) is 11.8 Å². The Hall–Kier alpha value is -2.78. The molecule has 1 aromatic rings. The van der Waals surface area contributed by atoms with Crippen molar-refractivity contribution in [2.24, 2.45) is 5.92 Å². The van der Waals surface area contributed by atoms with E-state index in [1.54, 1.807) is 20.8 Å². The first kappa shape index (κ1) is 20.9. The summed E-state index contributed by atoms with van der Waals surface area (Å²) in [4.78, 5) is 26.6. The lowest BCUT2D eigenvalue weighted by Crippen LogP contribution is -2.48. The third-order valence-corrected chi connectivity index (χ3v) is 4.79. The molecule has 3 rings (SSSR count). The van der Waals surface area contributed by atoms with Gasteiger partial charge in [-0.2, -0.15) is 0 Å². The van der Waals surface area contributed by atoms with Gasteiger partial charge in [-0.05, 0) is 32.9 Å². The van der Waals surface area contributed by atoms with E-state index < -0.39 is 29.8 Å². The molecular formula is C23H27NO5. The maximum atomic E-state index is 12.7. The monoisotopic (exact) mass is 397 g/mol. The number of hydrogen-bond acceptors (Lipinski definition) is 5. The van der Waals surface area contributed by atoms with E-state index in [2.05, 4.69) is 11.8 Å². The van der Waals surface area contributed by atoms with Crippen molar-refractivity contribution in [1.29, 1.82) is 0 Å². The predicted molar refractivity (Wildman–Crippen MR) is 108 cm³/mol. The molecule has 3 atom stereocenters. The van der Waals surface area contributed by atoms with Crippen LogP contribution in [0.5, 0.6) is 0 Å². The van der Waals surface area contributed by atoms with Crippen molar-refractivity contribution < 1.29 is 23.8 Å². The molecule has 6 heteroatoms. The van der Waals surface area contributed by atoms with Crippen LogP contribution in [0, 0.1) is 17.8 Å². The van der Waals surface area contributed by atoms with E-state index in [0.29, 0.717) is 19.6 Å².